The van der Waals surface area contributed by atoms with Crippen LogP contribution in [0, 0.1) is 10.1 Å². The number of likely N-dealkylation sites (tertiary alicyclic amines) is 1. The Morgan fingerprint density at radius 2 is 2.29 bits per heavy atom. The minimum atomic E-state index is -1.26. The highest BCUT2D eigenvalue weighted by Crippen LogP contribution is 2.24. The first-order valence-electron chi connectivity index (χ1n) is 6.27. The molecule has 0 spiro atoms. The number of nitro groups is 1. The van der Waals surface area contributed by atoms with Gasteiger partial charge >= 0.3 is 11.7 Å². The lowest BCUT2D eigenvalue weighted by Crippen LogP contribution is -2.43. The zero-order valence-electron chi connectivity index (χ0n) is 11.3. The minimum absolute atomic E-state index is 0.00907. The van der Waals surface area contributed by atoms with Gasteiger partial charge in [0.05, 0.1) is 4.92 Å². The molecule has 1 amide bonds. The summed E-state index contributed by atoms with van der Waals surface area (Å²) in [5.74, 6) is -1.34. The molecule has 2 rings (SSSR count). The van der Waals surface area contributed by atoms with Crippen LogP contribution in [0.25, 0.3) is 0 Å². The van der Waals surface area contributed by atoms with Gasteiger partial charge in [-0.15, -0.1) is 0 Å². The van der Waals surface area contributed by atoms with E-state index in [2.05, 4.69) is 10.3 Å². The predicted molar refractivity (Wildman–Crippen MR) is 72.1 cm³/mol. The smallest absolute Gasteiger partial charge is 0.354 e. The zero-order chi connectivity index (χ0) is 15.6. The number of nitrogens with one attached hydrogen (secondary N) is 1. The molecule has 2 heterocycles. The van der Waals surface area contributed by atoms with Gasteiger partial charge < -0.3 is 15.3 Å². The Hall–Kier alpha value is -2.71. The molecule has 1 atom stereocenters. The molecule has 9 heteroatoms. The van der Waals surface area contributed by atoms with Gasteiger partial charge in [-0.1, -0.05) is 0 Å². The van der Waals surface area contributed by atoms with Gasteiger partial charge in [0, 0.05) is 32.1 Å². The Bertz CT molecular complexity index is 603. The average molecular weight is 294 g/mol. The number of carbonyl (C=O) groups excluding carboxylic acids is 1. The Balaban J connectivity index is 2.25. The number of anilines is 1. The van der Waals surface area contributed by atoms with E-state index in [1.54, 1.807) is 7.05 Å². The molecule has 0 bridgehead atoms. The van der Waals surface area contributed by atoms with Gasteiger partial charge in [-0.05, 0) is 12.5 Å². The number of aromatic carboxylic acids is 1. The number of nitrogens with zero attached hydrogens (tertiary/aromatic N) is 3. The van der Waals surface area contributed by atoms with Gasteiger partial charge in [-0.3, -0.25) is 14.9 Å². The summed E-state index contributed by atoms with van der Waals surface area (Å²) in [5, 5.41) is 22.7. The number of carbonyl (C=O) groups is 2. The molecule has 21 heavy (non-hydrogen) atoms. The number of pyridine rings is 1. The summed E-state index contributed by atoms with van der Waals surface area (Å²) >= 11 is 0. The van der Waals surface area contributed by atoms with Crippen LogP contribution >= 0.6 is 0 Å². The van der Waals surface area contributed by atoms with E-state index < -0.39 is 10.9 Å². The molecule has 0 aromatic carbocycles. The van der Waals surface area contributed by atoms with Crippen LogP contribution in [0.5, 0.6) is 0 Å². The third-order valence-electron chi connectivity index (χ3n) is 3.26. The molecule has 1 aliphatic rings. The van der Waals surface area contributed by atoms with Gasteiger partial charge in [0.25, 0.3) is 0 Å². The van der Waals surface area contributed by atoms with Crippen molar-refractivity contribution in [2.75, 3.05) is 18.9 Å². The SMILES string of the molecule is CN1CC(Nc2nc(C(=O)O)ccc2[N+](=O)[O-])CCC1=O. The zero-order valence-corrected chi connectivity index (χ0v) is 11.3. The molecular formula is C12H14N4O5. The molecule has 1 aromatic heterocycles. The maximum atomic E-state index is 11.4. The fraction of sp³-hybridized carbons (Fsp3) is 0.417. The lowest BCUT2D eigenvalue weighted by atomic mass is 10.1. The van der Waals surface area contributed by atoms with Crippen LogP contribution < -0.4 is 5.32 Å². The Morgan fingerprint density at radius 3 is 2.86 bits per heavy atom. The van der Waals surface area contributed by atoms with Crippen LogP contribution in [-0.2, 0) is 4.79 Å². The number of carboxylic acids is 1. The molecule has 0 saturated carbocycles. The van der Waals surface area contributed by atoms with E-state index in [-0.39, 0.29) is 29.1 Å². The summed E-state index contributed by atoms with van der Waals surface area (Å²) in [7, 11) is 1.64. The molecule has 2 N–H and O–H groups in total. The standard InChI is InChI=1S/C12H14N4O5/c1-15-6-7(2-5-10(15)17)13-11-9(16(20)21)4-3-8(14-11)12(18)19/h3-4,7H,2,5-6H2,1H3,(H,13,14)(H,18,19). The summed E-state index contributed by atoms with van der Waals surface area (Å²) < 4.78 is 0. The number of piperidine rings is 1. The largest absolute Gasteiger partial charge is 0.477 e. The van der Waals surface area contributed by atoms with Gasteiger partial charge in [0.1, 0.15) is 0 Å². The van der Waals surface area contributed by atoms with Crippen molar-refractivity contribution in [1.82, 2.24) is 9.88 Å². The molecule has 1 aliphatic heterocycles. The fourth-order valence-electron chi connectivity index (χ4n) is 2.15. The van der Waals surface area contributed by atoms with Crippen LogP contribution in [0.4, 0.5) is 11.5 Å². The molecule has 0 aliphatic carbocycles. The predicted octanol–water partition coefficient (Wildman–Crippen LogP) is 0.721. The first-order chi connectivity index (χ1) is 9.88. The lowest BCUT2D eigenvalue weighted by Gasteiger charge is -2.30. The Morgan fingerprint density at radius 1 is 1.57 bits per heavy atom. The van der Waals surface area contributed by atoms with Crippen molar-refractivity contribution in [1.29, 1.82) is 0 Å². The number of hydrogen-bond acceptors (Lipinski definition) is 6. The Kier molecular flexibility index (Phi) is 4.01. The number of hydrogen-bond donors (Lipinski definition) is 2. The van der Waals surface area contributed by atoms with Crippen molar-refractivity contribution in [2.45, 2.75) is 18.9 Å². The Labute approximate surface area is 119 Å². The molecule has 1 fully saturated rings. The third-order valence-corrected chi connectivity index (χ3v) is 3.26. The first-order valence-corrected chi connectivity index (χ1v) is 6.27. The maximum Gasteiger partial charge on any atom is 0.354 e. The van der Waals surface area contributed by atoms with Crippen molar-refractivity contribution in [3.05, 3.63) is 27.9 Å². The number of carboxylic acid groups (broad SMARTS) is 1. The summed E-state index contributed by atoms with van der Waals surface area (Å²) in [6.45, 7) is 0.384. The average Bonchev–Trinajstić information content (AvgIpc) is 2.42. The molecule has 9 nitrogen and oxygen atoms in total. The van der Waals surface area contributed by atoms with Crippen molar-refractivity contribution in [2.24, 2.45) is 0 Å². The highest BCUT2D eigenvalue weighted by molar-refractivity contribution is 5.86. The van der Waals surface area contributed by atoms with E-state index in [4.69, 9.17) is 5.11 Å². The van der Waals surface area contributed by atoms with Crippen LogP contribution in [0.15, 0.2) is 12.1 Å². The quantitative estimate of drug-likeness (QED) is 0.619. The van der Waals surface area contributed by atoms with Crippen molar-refractivity contribution in [3.63, 3.8) is 0 Å². The number of rotatable bonds is 4. The van der Waals surface area contributed by atoms with E-state index in [1.807, 2.05) is 0 Å². The van der Waals surface area contributed by atoms with Crippen LogP contribution in [0.2, 0.25) is 0 Å². The van der Waals surface area contributed by atoms with Gasteiger partial charge in [0.2, 0.25) is 11.7 Å². The van der Waals surface area contributed by atoms with E-state index in [1.165, 1.54) is 4.90 Å². The van der Waals surface area contributed by atoms with Crippen molar-refractivity contribution >= 4 is 23.4 Å². The summed E-state index contributed by atoms with van der Waals surface area (Å²) in [5.41, 5.74) is -0.567. The molecular weight excluding hydrogens is 280 g/mol. The van der Waals surface area contributed by atoms with Gasteiger partial charge in [0.15, 0.2) is 5.69 Å². The lowest BCUT2D eigenvalue weighted by molar-refractivity contribution is -0.384. The summed E-state index contributed by atoms with van der Waals surface area (Å²) in [6.07, 6.45) is 0.847. The second-order valence-corrected chi connectivity index (χ2v) is 4.78. The second-order valence-electron chi connectivity index (χ2n) is 4.78. The van der Waals surface area contributed by atoms with Crippen molar-refractivity contribution < 1.29 is 19.6 Å². The normalized spacial score (nSPS) is 18.4. The van der Waals surface area contributed by atoms with Gasteiger partial charge in [-0.25, -0.2) is 9.78 Å². The third kappa shape index (κ3) is 3.25. The minimum Gasteiger partial charge on any atom is -0.477 e. The summed E-state index contributed by atoms with van der Waals surface area (Å²) in [4.78, 5) is 38.0. The van der Waals surface area contributed by atoms with Crippen molar-refractivity contribution in [3.8, 4) is 0 Å². The van der Waals surface area contributed by atoms with Crippen LogP contribution in [0.3, 0.4) is 0 Å². The van der Waals surface area contributed by atoms with E-state index >= 15 is 0 Å². The topological polar surface area (TPSA) is 126 Å². The summed E-state index contributed by atoms with van der Waals surface area (Å²) in [6, 6.07) is 1.99. The van der Waals surface area contributed by atoms with E-state index in [0.717, 1.165) is 12.1 Å². The van der Waals surface area contributed by atoms with Crippen LogP contribution in [0.1, 0.15) is 23.3 Å². The van der Waals surface area contributed by atoms with Crippen LogP contribution in [-0.4, -0.2) is 51.4 Å². The molecule has 1 aromatic rings. The van der Waals surface area contributed by atoms with E-state index in [0.29, 0.717) is 19.4 Å². The molecule has 112 valence electrons. The molecule has 1 unspecified atom stereocenters. The van der Waals surface area contributed by atoms with Gasteiger partial charge in [-0.2, -0.15) is 0 Å². The number of likely N-dealkylation sites (N-methyl/N-ethyl adjacent to an activating group) is 1. The number of aromatic nitrogens is 1. The van der Waals surface area contributed by atoms with E-state index in [9.17, 15) is 19.7 Å². The molecule has 1 saturated heterocycles. The monoisotopic (exact) mass is 294 g/mol. The highest BCUT2D eigenvalue weighted by Gasteiger charge is 2.26. The first kappa shape index (κ1) is 14.7. The fourth-order valence-corrected chi connectivity index (χ4v) is 2.15. The number of amides is 1. The maximum absolute atomic E-state index is 11.4. The highest BCUT2D eigenvalue weighted by atomic mass is 16.6. The second kappa shape index (κ2) is 5.73. The molecule has 0 radical (unpaired) electrons.